The van der Waals surface area contributed by atoms with Gasteiger partial charge in [-0.3, -0.25) is 0 Å². The van der Waals surface area contributed by atoms with Crippen molar-refractivity contribution in [2.45, 2.75) is 6.61 Å². The van der Waals surface area contributed by atoms with Crippen molar-refractivity contribution in [1.82, 2.24) is 0 Å². The van der Waals surface area contributed by atoms with E-state index in [1.807, 2.05) is 0 Å². The highest BCUT2D eigenvalue weighted by Gasteiger charge is 2.23. The number of halogens is 1. The third-order valence-electron chi connectivity index (χ3n) is 2.12. The Balaban J connectivity index is 2.66. The fraction of sp³-hybridized carbons (Fsp3) is 0.300. The summed E-state index contributed by atoms with van der Waals surface area (Å²) in [5.41, 5.74) is 0.114. The van der Waals surface area contributed by atoms with Gasteiger partial charge in [0.1, 0.15) is 30.7 Å². The Hall–Kier alpha value is -1.80. The van der Waals surface area contributed by atoms with Crippen LogP contribution >= 0.6 is 0 Å². The van der Waals surface area contributed by atoms with E-state index in [2.05, 4.69) is 0 Å². The van der Waals surface area contributed by atoms with Crippen LogP contribution in [0.4, 0.5) is 4.39 Å². The SMILES string of the molecule is N#Cc1c(F)cc(CO)c2c1OCCO2. The molecule has 0 unspecified atom stereocenters. The zero-order valence-corrected chi connectivity index (χ0v) is 7.79. The number of benzene rings is 1. The first-order chi connectivity index (χ1) is 7.27. The lowest BCUT2D eigenvalue weighted by molar-refractivity contribution is 0.163. The largest absolute Gasteiger partial charge is 0.486 e. The molecule has 0 bridgehead atoms. The highest BCUT2D eigenvalue weighted by molar-refractivity contribution is 5.57. The summed E-state index contributed by atoms with van der Waals surface area (Å²) in [4.78, 5) is 0. The van der Waals surface area contributed by atoms with Crippen LogP contribution in [0.25, 0.3) is 0 Å². The lowest BCUT2D eigenvalue weighted by atomic mass is 10.1. The van der Waals surface area contributed by atoms with E-state index in [9.17, 15) is 4.39 Å². The van der Waals surface area contributed by atoms with E-state index in [0.29, 0.717) is 12.2 Å². The van der Waals surface area contributed by atoms with Gasteiger partial charge in [-0.2, -0.15) is 5.26 Å². The van der Waals surface area contributed by atoms with E-state index in [1.165, 1.54) is 0 Å². The fourth-order valence-electron chi connectivity index (χ4n) is 1.46. The second-order valence-corrected chi connectivity index (χ2v) is 3.02. The van der Waals surface area contributed by atoms with Crippen LogP contribution in [0.1, 0.15) is 11.1 Å². The van der Waals surface area contributed by atoms with E-state index in [-0.39, 0.29) is 30.3 Å². The quantitative estimate of drug-likeness (QED) is 0.748. The third kappa shape index (κ3) is 1.49. The van der Waals surface area contributed by atoms with E-state index in [0.717, 1.165) is 6.07 Å². The first kappa shape index (κ1) is 9.74. The van der Waals surface area contributed by atoms with Crippen molar-refractivity contribution >= 4 is 0 Å². The van der Waals surface area contributed by atoms with Crippen molar-refractivity contribution in [3.05, 3.63) is 23.0 Å². The first-order valence-electron chi connectivity index (χ1n) is 4.40. The summed E-state index contributed by atoms with van der Waals surface area (Å²) >= 11 is 0. The third-order valence-corrected chi connectivity index (χ3v) is 2.12. The van der Waals surface area contributed by atoms with Gasteiger partial charge in [0.2, 0.25) is 0 Å². The van der Waals surface area contributed by atoms with Crippen LogP contribution in [-0.2, 0) is 6.61 Å². The minimum absolute atomic E-state index is 0.0906. The van der Waals surface area contributed by atoms with Gasteiger partial charge in [0.15, 0.2) is 11.5 Å². The van der Waals surface area contributed by atoms with Crippen LogP contribution < -0.4 is 9.47 Å². The molecule has 1 aliphatic heterocycles. The van der Waals surface area contributed by atoms with Crippen LogP contribution in [0.3, 0.4) is 0 Å². The molecule has 4 nitrogen and oxygen atoms in total. The molecule has 0 amide bonds. The van der Waals surface area contributed by atoms with Crippen molar-refractivity contribution in [3.8, 4) is 17.6 Å². The number of hydrogen-bond acceptors (Lipinski definition) is 4. The van der Waals surface area contributed by atoms with Gasteiger partial charge in [-0.1, -0.05) is 0 Å². The van der Waals surface area contributed by atoms with Gasteiger partial charge in [0, 0.05) is 5.56 Å². The average Bonchev–Trinajstić information content (AvgIpc) is 2.28. The minimum Gasteiger partial charge on any atom is -0.486 e. The summed E-state index contributed by atoms with van der Waals surface area (Å²) < 4.78 is 23.8. The van der Waals surface area contributed by atoms with Crippen molar-refractivity contribution < 1.29 is 19.0 Å². The number of fused-ring (bicyclic) bond motifs is 1. The second kappa shape index (κ2) is 3.75. The molecule has 2 rings (SSSR count). The van der Waals surface area contributed by atoms with Gasteiger partial charge in [0.05, 0.1) is 6.61 Å². The number of nitriles is 1. The van der Waals surface area contributed by atoms with Crippen molar-refractivity contribution in [3.63, 3.8) is 0 Å². The molecular weight excluding hydrogens is 201 g/mol. The fourth-order valence-corrected chi connectivity index (χ4v) is 1.46. The molecule has 78 valence electrons. The summed E-state index contributed by atoms with van der Waals surface area (Å²) in [6.07, 6.45) is 0. The second-order valence-electron chi connectivity index (χ2n) is 3.02. The van der Waals surface area contributed by atoms with Crippen LogP contribution in [-0.4, -0.2) is 18.3 Å². The predicted octanol–water partition coefficient (Wildman–Crippen LogP) is 0.961. The molecule has 0 saturated heterocycles. The lowest BCUT2D eigenvalue weighted by Crippen LogP contribution is -2.18. The molecule has 0 spiro atoms. The molecular formula is C10H8FNO3. The zero-order valence-electron chi connectivity index (χ0n) is 7.79. The van der Waals surface area contributed by atoms with Gasteiger partial charge in [-0.25, -0.2) is 4.39 Å². The van der Waals surface area contributed by atoms with E-state index < -0.39 is 5.82 Å². The Morgan fingerprint density at radius 1 is 1.40 bits per heavy atom. The van der Waals surface area contributed by atoms with Crippen molar-refractivity contribution in [2.75, 3.05) is 13.2 Å². The molecule has 0 fully saturated rings. The highest BCUT2D eigenvalue weighted by atomic mass is 19.1. The smallest absolute Gasteiger partial charge is 0.182 e. The number of aliphatic hydroxyl groups is 1. The van der Waals surface area contributed by atoms with Gasteiger partial charge < -0.3 is 14.6 Å². The maximum Gasteiger partial charge on any atom is 0.182 e. The average molecular weight is 209 g/mol. The molecule has 0 atom stereocenters. The standard InChI is InChI=1S/C10H8FNO3/c11-8-3-6(5-13)9-10(7(8)4-12)15-2-1-14-9/h3,13H,1-2,5H2. The Morgan fingerprint density at radius 3 is 2.67 bits per heavy atom. The molecule has 0 aliphatic carbocycles. The molecule has 1 aromatic carbocycles. The molecule has 0 radical (unpaired) electrons. The summed E-state index contributed by atoms with van der Waals surface area (Å²) in [6, 6.07) is 2.80. The maximum absolute atomic E-state index is 13.4. The van der Waals surface area contributed by atoms with E-state index >= 15 is 0 Å². The van der Waals surface area contributed by atoms with Gasteiger partial charge >= 0.3 is 0 Å². The van der Waals surface area contributed by atoms with Crippen molar-refractivity contribution in [2.24, 2.45) is 0 Å². The van der Waals surface area contributed by atoms with Crippen LogP contribution in [0.2, 0.25) is 0 Å². The highest BCUT2D eigenvalue weighted by Crippen LogP contribution is 2.38. The van der Waals surface area contributed by atoms with Crippen molar-refractivity contribution in [1.29, 1.82) is 5.26 Å². The topological polar surface area (TPSA) is 62.5 Å². The number of ether oxygens (including phenoxy) is 2. The number of aliphatic hydroxyl groups excluding tert-OH is 1. The predicted molar refractivity (Wildman–Crippen MR) is 48.0 cm³/mol. The minimum atomic E-state index is -0.703. The Bertz CT molecular complexity index is 439. The van der Waals surface area contributed by atoms with Gasteiger partial charge in [0.25, 0.3) is 0 Å². The molecule has 1 aromatic rings. The van der Waals surface area contributed by atoms with Crippen LogP contribution in [0.5, 0.6) is 11.5 Å². The molecule has 5 heteroatoms. The van der Waals surface area contributed by atoms with Crippen LogP contribution in [0.15, 0.2) is 6.07 Å². The first-order valence-corrected chi connectivity index (χ1v) is 4.40. The van der Waals surface area contributed by atoms with E-state index in [4.69, 9.17) is 19.8 Å². The molecule has 0 saturated carbocycles. The van der Waals surface area contributed by atoms with E-state index in [1.54, 1.807) is 6.07 Å². The van der Waals surface area contributed by atoms with Gasteiger partial charge in [-0.15, -0.1) is 0 Å². The zero-order chi connectivity index (χ0) is 10.8. The molecule has 15 heavy (non-hydrogen) atoms. The number of hydrogen-bond donors (Lipinski definition) is 1. The van der Waals surface area contributed by atoms with Crippen LogP contribution in [0, 0.1) is 17.1 Å². The maximum atomic E-state index is 13.4. The molecule has 1 heterocycles. The molecule has 1 N–H and O–H groups in total. The Kier molecular flexibility index (Phi) is 2.44. The molecule has 0 aromatic heterocycles. The Labute approximate surface area is 85.5 Å². The normalized spacial score (nSPS) is 13.4. The van der Waals surface area contributed by atoms with Gasteiger partial charge in [-0.05, 0) is 6.07 Å². The number of rotatable bonds is 1. The lowest BCUT2D eigenvalue weighted by Gasteiger charge is -2.21. The Morgan fingerprint density at radius 2 is 2.07 bits per heavy atom. The summed E-state index contributed by atoms with van der Waals surface area (Å²) in [5, 5.41) is 17.7. The summed E-state index contributed by atoms with van der Waals surface area (Å²) in [7, 11) is 0. The monoisotopic (exact) mass is 209 g/mol. The molecule has 1 aliphatic rings. The number of nitrogens with zero attached hydrogens (tertiary/aromatic N) is 1. The summed E-state index contributed by atoms with van der Waals surface area (Å²) in [6.45, 7) is 0.251. The summed E-state index contributed by atoms with van der Waals surface area (Å²) in [5.74, 6) is -0.347.